The van der Waals surface area contributed by atoms with Crippen LogP contribution < -0.4 is 5.32 Å². The van der Waals surface area contributed by atoms with E-state index in [0.717, 1.165) is 25.7 Å². The fourth-order valence-corrected chi connectivity index (χ4v) is 4.14. The molecule has 18 heavy (non-hydrogen) atoms. The number of fused-ring (bicyclic) bond motifs is 2. The predicted molar refractivity (Wildman–Crippen MR) is 76.7 cm³/mol. The molecule has 0 radical (unpaired) electrons. The van der Waals surface area contributed by atoms with Gasteiger partial charge in [0.15, 0.2) is 0 Å². The minimum atomic E-state index is 0.496. The molecule has 0 aromatic heterocycles. The molecule has 3 atom stereocenters. The molecule has 0 saturated heterocycles. The van der Waals surface area contributed by atoms with Gasteiger partial charge < -0.3 is 10.1 Å². The molecular weight excluding hydrogens is 222 g/mol. The van der Waals surface area contributed by atoms with E-state index < -0.39 is 0 Å². The van der Waals surface area contributed by atoms with Gasteiger partial charge in [0, 0.05) is 19.2 Å². The average Bonchev–Trinajstić information content (AvgIpc) is 2.61. The minimum absolute atomic E-state index is 0.496. The predicted octanol–water partition coefficient (Wildman–Crippen LogP) is 3.46. The fourth-order valence-electron chi connectivity index (χ4n) is 4.14. The summed E-state index contributed by atoms with van der Waals surface area (Å²) in [5.74, 6) is 1.57. The highest BCUT2D eigenvalue weighted by atomic mass is 16.5. The quantitative estimate of drug-likeness (QED) is 0.732. The van der Waals surface area contributed by atoms with E-state index in [1.54, 1.807) is 0 Å². The lowest BCUT2D eigenvalue weighted by Gasteiger charge is -2.39. The molecule has 0 amide bonds. The lowest BCUT2D eigenvalue weighted by Crippen LogP contribution is -2.45. The van der Waals surface area contributed by atoms with Crippen LogP contribution in [0.3, 0.4) is 0 Å². The van der Waals surface area contributed by atoms with Crippen molar-refractivity contribution in [3.8, 4) is 0 Å². The van der Waals surface area contributed by atoms with Crippen molar-refractivity contribution in [2.75, 3.05) is 19.8 Å². The van der Waals surface area contributed by atoms with Crippen LogP contribution in [0.2, 0.25) is 0 Å². The van der Waals surface area contributed by atoms with Crippen molar-refractivity contribution >= 4 is 0 Å². The molecule has 2 nitrogen and oxygen atoms in total. The van der Waals surface area contributed by atoms with Gasteiger partial charge >= 0.3 is 0 Å². The molecule has 2 heteroatoms. The highest BCUT2D eigenvalue weighted by Gasteiger charge is 2.60. The molecule has 0 aliphatic heterocycles. The largest absolute Gasteiger partial charge is 0.380 e. The Morgan fingerprint density at radius 3 is 2.50 bits per heavy atom. The number of rotatable bonds is 6. The summed E-state index contributed by atoms with van der Waals surface area (Å²) in [5, 5.41) is 3.76. The van der Waals surface area contributed by atoms with E-state index in [9.17, 15) is 0 Å². The summed E-state index contributed by atoms with van der Waals surface area (Å²) in [6.45, 7) is 14.6. The second-order valence-electron chi connectivity index (χ2n) is 7.59. The molecule has 106 valence electrons. The third kappa shape index (κ3) is 2.34. The van der Waals surface area contributed by atoms with Gasteiger partial charge in [0.25, 0.3) is 0 Å². The molecule has 2 fully saturated rings. The van der Waals surface area contributed by atoms with E-state index in [2.05, 4.69) is 39.9 Å². The standard InChI is InChI=1S/C16H31NO/c1-12(2)11-18-9-8-17-14-10-13-6-7-16(14,5)15(13,3)4/h12-14,17H,6-11H2,1-5H3. The van der Waals surface area contributed by atoms with E-state index in [0.29, 0.717) is 22.8 Å². The minimum Gasteiger partial charge on any atom is -0.380 e. The summed E-state index contributed by atoms with van der Waals surface area (Å²) in [5.41, 5.74) is 1.01. The van der Waals surface area contributed by atoms with Crippen molar-refractivity contribution < 1.29 is 4.74 Å². The van der Waals surface area contributed by atoms with Crippen molar-refractivity contribution in [2.24, 2.45) is 22.7 Å². The van der Waals surface area contributed by atoms with E-state index in [-0.39, 0.29) is 0 Å². The lowest BCUT2D eigenvalue weighted by molar-refractivity contribution is 0.0920. The van der Waals surface area contributed by atoms with Gasteiger partial charge in [-0.15, -0.1) is 0 Å². The van der Waals surface area contributed by atoms with Crippen molar-refractivity contribution in [3.05, 3.63) is 0 Å². The molecule has 0 aromatic carbocycles. The number of hydrogen-bond acceptors (Lipinski definition) is 2. The summed E-state index contributed by atoms with van der Waals surface area (Å²) in [4.78, 5) is 0. The maximum atomic E-state index is 5.66. The topological polar surface area (TPSA) is 21.3 Å². The van der Waals surface area contributed by atoms with Gasteiger partial charge in [0.05, 0.1) is 6.61 Å². The zero-order chi connectivity index (χ0) is 13.4. The number of nitrogens with one attached hydrogen (secondary N) is 1. The SMILES string of the molecule is CC(C)COCCNC1CC2CCC1(C)C2(C)C. The first kappa shape index (κ1) is 14.3. The highest BCUT2D eigenvalue weighted by Crippen LogP contribution is 2.65. The fraction of sp³-hybridized carbons (Fsp3) is 1.00. The van der Waals surface area contributed by atoms with Crippen LogP contribution in [0.1, 0.15) is 53.9 Å². The van der Waals surface area contributed by atoms with E-state index in [4.69, 9.17) is 4.74 Å². The summed E-state index contributed by atoms with van der Waals surface area (Å²) in [7, 11) is 0. The summed E-state index contributed by atoms with van der Waals surface area (Å²) in [6.07, 6.45) is 4.20. The Hall–Kier alpha value is -0.0800. The Balaban J connectivity index is 1.75. The molecule has 3 unspecified atom stereocenters. The maximum absolute atomic E-state index is 5.66. The number of ether oxygens (including phenoxy) is 1. The normalized spacial score (nSPS) is 37.7. The molecule has 2 aliphatic carbocycles. The van der Waals surface area contributed by atoms with Gasteiger partial charge in [-0.3, -0.25) is 0 Å². The Labute approximate surface area is 113 Å². The first-order valence-corrected chi connectivity index (χ1v) is 7.69. The first-order valence-electron chi connectivity index (χ1n) is 7.69. The molecule has 2 bridgehead atoms. The Morgan fingerprint density at radius 1 is 1.28 bits per heavy atom. The van der Waals surface area contributed by atoms with Crippen LogP contribution in [0.25, 0.3) is 0 Å². The van der Waals surface area contributed by atoms with Crippen LogP contribution in [-0.2, 0) is 4.74 Å². The van der Waals surface area contributed by atoms with Crippen LogP contribution in [0.15, 0.2) is 0 Å². The second-order valence-corrected chi connectivity index (χ2v) is 7.59. The molecule has 0 spiro atoms. The van der Waals surface area contributed by atoms with Gasteiger partial charge in [-0.25, -0.2) is 0 Å². The van der Waals surface area contributed by atoms with Crippen LogP contribution in [0.4, 0.5) is 0 Å². The monoisotopic (exact) mass is 253 g/mol. The molecule has 1 N–H and O–H groups in total. The molecule has 2 rings (SSSR count). The average molecular weight is 253 g/mol. The first-order chi connectivity index (χ1) is 8.38. The van der Waals surface area contributed by atoms with Crippen molar-refractivity contribution in [1.82, 2.24) is 5.32 Å². The maximum Gasteiger partial charge on any atom is 0.0591 e. The van der Waals surface area contributed by atoms with Crippen LogP contribution >= 0.6 is 0 Å². The summed E-state index contributed by atoms with van der Waals surface area (Å²) < 4.78 is 5.66. The third-order valence-electron chi connectivity index (χ3n) is 5.88. The van der Waals surface area contributed by atoms with Crippen molar-refractivity contribution in [1.29, 1.82) is 0 Å². The summed E-state index contributed by atoms with van der Waals surface area (Å²) >= 11 is 0. The molecule has 2 saturated carbocycles. The van der Waals surface area contributed by atoms with Gasteiger partial charge in [-0.2, -0.15) is 0 Å². The third-order valence-corrected chi connectivity index (χ3v) is 5.88. The van der Waals surface area contributed by atoms with Crippen molar-refractivity contribution in [2.45, 2.75) is 59.9 Å². The molecule has 2 aliphatic rings. The van der Waals surface area contributed by atoms with Crippen LogP contribution in [0.5, 0.6) is 0 Å². The van der Waals surface area contributed by atoms with Crippen LogP contribution in [-0.4, -0.2) is 25.8 Å². The Kier molecular flexibility index (Phi) is 4.08. The zero-order valence-electron chi connectivity index (χ0n) is 12.9. The molecule has 0 aromatic rings. The van der Waals surface area contributed by atoms with E-state index >= 15 is 0 Å². The number of hydrogen-bond donors (Lipinski definition) is 1. The summed E-state index contributed by atoms with van der Waals surface area (Å²) in [6, 6.07) is 0.703. The van der Waals surface area contributed by atoms with Gasteiger partial charge in [0.1, 0.15) is 0 Å². The van der Waals surface area contributed by atoms with Crippen LogP contribution in [0, 0.1) is 22.7 Å². The van der Waals surface area contributed by atoms with E-state index in [1.807, 2.05) is 0 Å². The van der Waals surface area contributed by atoms with E-state index in [1.165, 1.54) is 19.3 Å². The second kappa shape index (κ2) is 5.13. The highest BCUT2D eigenvalue weighted by molar-refractivity contribution is 5.12. The Bertz CT molecular complexity index is 287. The van der Waals surface area contributed by atoms with Gasteiger partial charge in [-0.1, -0.05) is 34.6 Å². The molecular formula is C16H31NO. The van der Waals surface area contributed by atoms with Gasteiger partial charge in [0.2, 0.25) is 0 Å². The lowest BCUT2D eigenvalue weighted by atomic mass is 9.69. The van der Waals surface area contributed by atoms with Gasteiger partial charge in [-0.05, 0) is 41.9 Å². The smallest absolute Gasteiger partial charge is 0.0591 e. The Morgan fingerprint density at radius 2 is 2.00 bits per heavy atom. The zero-order valence-corrected chi connectivity index (χ0v) is 12.9. The van der Waals surface area contributed by atoms with Crippen molar-refractivity contribution in [3.63, 3.8) is 0 Å². The molecule has 0 heterocycles.